The van der Waals surface area contributed by atoms with Crippen molar-refractivity contribution >= 4 is 5.91 Å². The first kappa shape index (κ1) is 8.77. The van der Waals surface area contributed by atoms with Gasteiger partial charge >= 0.3 is 0 Å². The Labute approximate surface area is 70.9 Å². The fourth-order valence-electron chi connectivity index (χ4n) is 0.866. The van der Waals surface area contributed by atoms with Crippen molar-refractivity contribution in [3.63, 3.8) is 0 Å². The van der Waals surface area contributed by atoms with Crippen LogP contribution in [0, 0.1) is 0 Å². The maximum Gasteiger partial charge on any atom is 0.226 e. The molecule has 0 fully saturated rings. The first-order chi connectivity index (χ1) is 5.68. The fourth-order valence-corrected chi connectivity index (χ4v) is 0.866. The molecule has 0 bridgehead atoms. The van der Waals surface area contributed by atoms with Gasteiger partial charge in [0.15, 0.2) is 0 Å². The van der Waals surface area contributed by atoms with Crippen molar-refractivity contribution in [1.82, 2.24) is 10.5 Å². The molecule has 1 aromatic rings. The summed E-state index contributed by atoms with van der Waals surface area (Å²) in [4.78, 5) is 11.1. The highest BCUT2D eigenvalue weighted by Crippen LogP contribution is 1.95. The average Bonchev–Trinajstić information content (AvgIpc) is 2.37. The molecule has 0 saturated carbocycles. The third kappa shape index (κ3) is 2.74. The van der Waals surface area contributed by atoms with Crippen molar-refractivity contribution < 1.29 is 9.32 Å². The summed E-state index contributed by atoms with van der Waals surface area (Å²) in [5.74, 6) is -0.0288. The Morgan fingerprint density at radius 2 is 2.50 bits per heavy atom. The van der Waals surface area contributed by atoms with Crippen molar-refractivity contribution in [3.8, 4) is 0 Å². The van der Waals surface area contributed by atoms with E-state index in [9.17, 15) is 4.79 Å². The van der Waals surface area contributed by atoms with Gasteiger partial charge in [0, 0.05) is 12.1 Å². The van der Waals surface area contributed by atoms with E-state index in [1.165, 1.54) is 6.26 Å². The van der Waals surface area contributed by atoms with Crippen LogP contribution in [-0.4, -0.2) is 17.1 Å². The summed E-state index contributed by atoms with van der Waals surface area (Å²) < 4.78 is 4.59. The van der Waals surface area contributed by atoms with Crippen LogP contribution in [0.25, 0.3) is 0 Å². The summed E-state index contributed by atoms with van der Waals surface area (Å²) in [6, 6.07) is 1.85. The van der Waals surface area contributed by atoms with Crippen LogP contribution in [0.1, 0.15) is 19.5 Å². The standard InChI is InChI=1S/C8H12N2O2/c1-6(2)9-8(11)5-7-3-4-12-10-7/h3-4,6H,5H2,1-2H3,(H,9,11). The normalized spacial score (nSPS) is 10.2. The molecular formula is C8H12N2O2. The van der Waals surface area contributed by atoms with Crippen LogP contribution in [0.4, 0.5) is 0 Å². The molecule has 0 atom stereocenters. The molecule has 66 valence electrons. The van der Waals surface area contributed by atoms with Crippen molar-refractivity contribution in [2.45, 2.75) is 26.3 Å². The molecule has 0 aromatic carbocycles. The molecule has 0 radical (unpaired) electrons. The van der Waals surface area contributed by atoms with Crippen LogP contribution in [0.15, 0.2) is 16.9 Å². The number of carbonyl (C=O) groups is 1. The highest BCUT2D eigenvalue weighted by molar-refractivity contribution is 5.78. The second-order valence-electron chi connectivity index (χ2n) is 2.89. The van der Waals surface area contributed by atoms with Gasteiger partial charge in [0.1, 0.15) is 6.26 Å². The third-order valence-corrected chi connectivity index (χ3v) is 1.28. The maximum absolute atomic E-state index is 11.1. The summed E-state index contributed by atoms with van der Waals surface area (Å²) in [5.41, 5.74) is 0.660. The van der Waals surface area contributed by atoms with E-state index in [0.717, 1.165) is 0 Å². The third-order valence-electron chi connectivity index (χ3n) is 1.28. The fraction of sp³-hybridized carbons (Fsp3) is 0.500. The highest BCUT2D eigenvalue weighted by Gasteiger charge is 2.06. The van der Waals surface area contributed by atoms with Crippen LogP contribution in [0.3, 0.4) is 0 Å². The van der Waals surface area contributed by atoms with Gasteiger partial charge < -0.3 is 9.84 Å². The molecule has 0 aliphatic carbocycles. The molecule has 0 aliphatic heterocycles. The van der Waals surface area contributed by atoms with Gasteiger partial charge in [-0.2, -0.15) is 0 Å². The first-order valence-electron chi connectivity index (χ1n) is 3.87. The molecule has 0 unspecified atom stereocenters. The molecule has 1 amide bonds. The minimum Gasteiger partial charge on any atom is -0.364 e. The molecular weight excluding hydrogens is 156 g/mol. The van der Waals surface area contributed by atoms with E-state index < -0.39 is 0 Å². The van der Waals surface area contributed by atoms with Crippen LogP contribution in [-0.2, 0) is 11.2 Å². The van der Waals surface area contributed by atoms with Crippen LogP contribution < -0.4 is 5.32 Å². The smallest absolute Gasteiger partial charge is 0.226 e. The lowest BCUT2D eigenvalue weighted by atomic mass is 10.3. The zero-order valence-corrected chi connectivity index (χ0v) is 7.20. The Kier molecular flexibility index (Phi) is 2.85. The van der Waals surface area contributed by atoms with E-state index in [4.69, 9.17) is 0 Å². The SMILES string of the molecule is CC(C)NC(=O)Cc1ccon1. The second kappa shape index (κ2) is 3.90. The quantitative estimate of drug-likeness (QED) is 0.724. The summed E-state index contributed by atoms with van der Waals surface area (Å²) in [5, 5.41) is 6.39. The van der Waals surface area contributed by atoms with Crippen molar-refractivity contribution in [2.75, 3.05) is 0 Å². The molecule has 12 heavy (non-hydrogen) atoms. The highest BCUT2D eigenvalue weighted by atomic mass is 16.5. The Morgan fingerprint density at radius 3 is 3.00 bits per heavy atom. The molecule has 0 aliphatic rings. The predicted octanol–water partition coefficient (Wildman–Crippen LogP) is 0.742. The molecule has 1 N–H and O–H groups in total. The Balaban J connectivity index is 2.37. The van der Waals surface area contributed by atoms with Crippen LogP contribution >= 0.6 is 0 Å². The van der Waals surface area contributed by atoms with Gasteiger partial charge in [0.2, 0.25) is 5.91 Å². The lowest BCUT2D eigenvalue weighted by Crippen LogP contribution is -2.31. The van der Waals surface area contributed by atoms with Gasteiger partial charge in [0.25, 0.3) is 0 Å². The van der Waals surface area contributed by atoms with Crippen LogP contribution in [0.5, 0.6) is 0 Å². The topological polar surface area (TPSA) is 55.1 Å². The van der Waals surface area contributed by atoms with E-state index in [-0.39, 0.29) is 18.4 Å². The van der Waals surface area contributed by atoms with Crippen molar-refractivity contribution in [2.24, 2.45) is 0 Å². The summed E-state index contributed by atoms with van der Waals surface area (Å²) in [7, 11) is 0. The molecule has 1 aromatic heterocycles. The van der Waals surface area contributed by atoms with E-state index in [1.807, 2.05) is 13.8 Å². The lowest BCUT2D eigenvalue weighted by molar-refractivity contribution is -0.121. The van der Waals surface area contributed by atoms with Gasteiger partial charge in [-0.25, -0.2) is 0 Å². The predicted molar refractivity (Wildman–Crippen MR) is 43.5 cm³/mol. The largest absolute Gasteiger partial charge is 0.364 e. The first-order valence-corrected chi connectivity index (χ1v) is 3.87. The zero-order chi connectivity index (χ0) is 8.97. The second-order valence-corrected chi connectivity index (χ2v) is 2.89. The van der Waals surface area contributed by atoms with Crippen molar-refractivity contribution in [1.29, 1.82) is 0 Å². The molecule has 0 spiro atoms. The van der Waals surface area contributed by atoms with Gasteiger partial charge in [-0.15, -0.1) is 0 Å². The minimum absolute atomic E-state index is 0.0288. The minimum atomic E-state index is -0.0288. The molecule has 0 saturated heterocycles. The van der Waals surface area contributed by atoms with E-state index >= 15 is 0 Å². The summed E-state index contributed by atoms with van der Waals surface area (Å²) >= 11 is 0. The molecule has 1 heterocycles. The van der Waals surface area contributed by atoms with Gasteiger partial charge in [-0.3, -0.25) is 4.79 Å². The average molecular weight is 168 g/mol. The maximum atomic E-state index is 11.1. The van der Waals surface area contributed by atoms with Gasteiger partial charge in [-0.05, 0) is 13.8 Å². The molecule has 1 rings (SSSR count). The number of nitrogens with one attached hydrogen (secondary N) is 1. The van der Waals surface area contributed by atoms with Crippen LogP contribution in [0.2, 0.25) is 0 Å². The molecule has 4 nitrogen and oxygen atoms in total. The Morgan fingerprint density at radius 1 is 1.75 bits per heavy atom. The molecule has 4 heteroatoms. The monoisotopic (exact) mass is 168 g/mol. The van der Waals surface area contributed by atoms with E-state index in [1.54, 1.807) is 6.07 Å². The van der Waals surface area contributed by atoms with Gasteiger partial charge in [0.05, 0.1) is 12.1 Å². The Hall–Kier alpha value is -1.32. The number of nitrogens with zero attached hydrogens (tertiary/aromatic N) is 1. The number of rotatable bonds is 3. The summed E-state index contributed by atoms with van der Waals surface area (Å²) in [6.45, 7) is 3.83. The van der Waals surface area contributed by atoms with E-state index in [0.29, 0.717) is 5.69 Å². The number of carbonyl (C=O) groups excluding carboxylic acids is 1. The van der Waals surface area contributed by atoms with Crippen molar-refractivity contribution in [3.05, 3.63) is 18.0 Å². The Bertz CT molecular complexity index is 242. The van der Waals surface area contributed by atoms with E-state index in [2.05, 4.69) is 15.0 Å². The number of hydrogen-bond acceptors (Lipinski definition) is 3. The number of hydrogen-bond donors (Lipinski definition) is 1. The lowest BCUT2D eigenvalue weighted by Gasteiger charge is -2.05. The summed E-state index contributed by atoms with van der Waals surface area (Å²) in [6.07, 6.45) is 1.74. The zero-order valence-electron chi connectivity index (χ0n) is 7.20. The number of aromatic nitrogens is 1. The number of amides is 1. The van der Waals surface area contributed by atoms with Gasteiger partial charge in [-0.1, -0.05) is 5.16 Å².